The van der Waals surface area contributed by atoms with Gasteiger partial charge in [-0.3, -0.25) is 9.59 Å². The minimum atomic E-state index is -0.0471. The molecule has 1 unspecified atom stereocenters. The SMILES string of the molecule is COc1ccccc1CNC(=O)C1CCc2sc(C(=O)N(C)C)cc2C1. The van der Waals surface area contributed by atoms with Crippen molar-refractivity contribution in [3.8, 4) is 5.75 Å². The van der Waals surface area contributed by atoms with E-state index in [2.05, 4.69) is 5.32 Å². The summed E-state index contributed by atoms with van der Waals surface area (Å²) in [4.78, 5) is 28.3. The molecule has 26 heavy (non-hydrogen) atoms. The number of benzene rings is 1. The van der Waals surface area contributed by atoms with Gasteiger partial charge in [0.2, 0.25) is 5.91 Å². The Morgan fingerprint density at radius 3 is 2.81 bits per heavy atom. The molecule has 3 rings (SSSR count). The zero-order chi connectivity index (χ0) is 18.7. The van der Waals surface area contributed by atoms with Crippen molar-refractivity contribution >= 4 is 23.2 Å². The van der Waals surface area contributed by atoms with E-state index in [9.17, 15) is 9.59 Å². The smallest absolute Gasteiger partial charge is 0.263 e. The van der Waals surface area contributed by atoms with E-state index in [-0.39, 0.29) is 17.7 Å². The molecule has 138 valence electrons. The van der Waals surface area contributed by atoms with Crippen molar-refractivity contribution in [3.05, 3.63) is 51.2 Å². The van der Waals surface area contributed by atoms with Crippen LogP contribution in [-0.4, -0.2) is 37.9 Å². The predicted octanol–water partition coefficient (Wildman–Crippen LogP) is 2.88. The number of nitrogens with zero attached hydrogens (tertiary/aromatic N) is 1. The molecule has 0 aliphatic heterocycles. The average molecular weight is 372 g/mol. The summed E-state index contributed by atoms with van der Waals surface area (Å²) < 4.78 is 5.33. The van der Waals surface area contributed by atoms with Gasteiger partial charge in [0.1, 0.15) is 5.75 Å². The molecule has 2 amide bonds. The van der Waals surface area contributed by atoms with Crippen molar-refractivity contribution in [1.29, 1.82) is 0 Å². The molecule has 5 nitrogen and oxygen atoms in total. The summed E-state index contributed by atoms with van der Waals surface area (Å²) in [5.74, 6) is 0.826. The highest BCUT2D eigenvalue weighted by atomic mass is 32.1. The number of ether oxygens (including phenoxy) is 1. The van der Waals surface area contributed by atoms with Crippen molar-refractivity contribution in [1.82, 2.24) is 10.2 Å². The molecule has 0 fully saturated rings. The van der Waals surface area contributed by atoms with Gasteiger partial charge in [0.05, 0.1) is 12.0 Å². The van der Waals surface area contributed by atoms with Crippen LogP contribution in [0.25, 0.3) is 0 Å². The Morgan fingerprint density at radius 1 is 1.31 bits per heavy atom. The number of para-hydroxylation sites is 1. The highest BCUT2D eigenvalue weighted by molar-refractivity contribution is 7.14. The second kappa shape index (κ2) is 7.91. The number of aryl methyl sites for hydroxylation is 1. The molecule has 1 atom stereocenters. The number of thiophene rings is 1. The molecule has 1 aromatic heterocycles. The fourth-order valence-corrected chi connectivity index (χ4v) is 4.48. The quantitative estimate of drug-likeness (QED) is 0.878. The van der Waals surface area contributed by atoms with Crippen molar-refractivity contribution in [3.63, 3.8) is 0 Å². The molecule has 0 saturated heterocycles. The van der Waals surface area contributed by atoms with Gasteiger partial charge in [-0.25, -0.2) is 0 Å². The molecular formula is C20H24N2O3S. The Labute approximate surface area is 158 Å². The van der Waals surface area contributed by atoms with E-state index in [4.69, 9.17) is 4.74 Å². The van der Waals surface area contributed by atoms with Crippen LogP contribution in [0.5, 0.6) is 5.75 Å². The van der Waals surface area contributed by atoms with Gasteiger partial charge in [-0.2, -0.15) is 0 Å². The van der Waals surface area contributed by atoms with Gasteiger partial charge in [-0.05, 0) is 37.0 Å². The lowest BCUT2D eigenvalue weighted by molar-refractivity contribution is -0.125. The first-order valence-corrected chi connectivity index (χ1v) is 9.54. The minimum Gasteiger partial charge on any atom is -0.496 e. The van der Waals surface area contributed by atoms with Crippen molar-refractivity contribution in [2.24, 2.45) is 5.92 Å². The summed E-state index contributed by atoms with van der Waals surface area (Å²) in [5.41, 5.74) is 2.11. The first-order valence-electron chi connectivity index (χ1n) is 8.72. The summed E-state index contributed by atoms with van der Waals surface area (Å²) in [6.07, 6.45) is 2.37. The Hall–Kier alpha value is -2.34. The van der Waals surface area contributed by atoms with E-state index in [0.29, 0.717) is 13.0 Å². The Bertz CT molecular complexity index is 813. The molecular weight excluding hydrogens is 348 g/mol. The van der Waals surface area contributed by atoms with Crippen LogP contribution in [0.1, 0.15) is 32.1 Å². The molecule has 0 radical (unpaired) electrons. The van der Waals surface area contributed by atoms with E-state index in [1.54, 1.807) is 37.4 Å². The highest BCUT2D eigenvalue weighted by Gasteiger charge is 2.27. The third kappa shape index (κ3) is 3.90. The maximum Gasteiger partial charge on any atom is 0.263 e. The summed E-state index contributed by atoms with van der Waals surface area (Å²) in [5, 5.41) is 3.03. The van der Waals surface area contributed by atoms with Gasteiger partial charge in [0, 0.05) is 37.0 Å². The van der Waals surface area contributed by atoms with Gasteiger partial charge in [0.15, 0.2) is 0 Å². The topological polar surface area (TPSA) is 58.6 Å². The van der Waals surface area contributed by atoms with Crippen molar-refractivity contribution in [2.45, 2.75) is 25.8 Å². The molecule has 0 saturated carbocycles. The number of hydrogen-bond donors (Lipinski definition) is 1. The lowest BCUT2D eigenvalue weighted by Gasteiger charge is -2.21. The molecule has 1 aliphatic carbocycles. The molecule has 0 spiro atoms. The van der Waals surface area contributed by atoms with E-state index >= 15 is 0 Å². The maximum absolute atomic E-state index is 12.6. The van der Waals surface area contributed by atoms with E-state index in [1.807, 2.05) is 30.3 Å². The van der Waals surface area contributed by atoms with E-state index in [0.717, 1.165) is 34.6 Å². The third-order valence-electron chi connectivity index (χ3n) is 4.72. The van der Waals surface area contributed by atoms with Crippen LogP contribution in [0.15, 0.2) is 30.3 Å². The number of rotatable bonds is 5. The van der Waals surface area contributed by atoms with Gasteiger partial charge in [-0.15, -0.1) is 11.3 Å². The fourth-order valence-electron chi connectivity index (χ4n) is 3.25. The second-order valence-electron chi connectivity index (χ2n) is 6.73. The number of nitrogens with one attached hydrogen (secondary N) is 1. The zero-order valence-corrected chi connectivity index (χ0v) is 16.2. The fraction of sp³-hybridized carbons (Fsp3) is 0.400. The summed E-state index contributed by atoms with van der Waals surface area (Å²) in [6, 6.07) is 9.66. The Morgan fingerprint density at radius 2 is 2.08 bits per heavy atom. The van der Waals surface area contributed by atoms with Gasteiger partial charge in [0.25, 0.3) is 5.91 Å². The second-order valence-corrected chi connectivity index (χ2v) is 7.86. The molecule has 6 heteroatoms. The molecule has 1 heterocycles. The highest BCUT2D eigenvalue weighted by Crippen LogP contribution is 2.33. The number of hydrogen-bond acceptors (Lipinski definition) is 4. The Balaban J connectivity index is 1.63. The molecule has 1 N–H and O–H groups in total. The number of methoxy groups -OCH3 is 1. The van der Waals surface area contributed by atoms with Crippen molar-refractivity contribution < 1.29 is 14.3 Å². The molecule has 2 aromatic rings. The standard InChI is InChI=1S/C20H24N2O3S/c1-22(2)20(24)18-11-15-10-13(8-9-17(15)26-18)19(23)21-12-14-6-4-5-7-16(14)25-3/h4-7,11,13H,8-10,12H2,1-3H3,(H,21,23). The summed E-state index contributed by atoms with van der Waals surface area (Å²) in [6.45, 7) is 0.459. The predicted molar refractivity (Wildman–Crippen MR) is 103 cm³/mol. The van der Waals surface area contributed by atoms with Gasteiger partial charge in [-0.1, -0.05) is 18.2 Å². The van der Waals surface area contributed by atoms with Crippen LogP contribution in [0.3, 0.4) is 0 Å². The zero-order valence-electron chi connectivity index (χ0n) is 15.4. The summed E-state index contributed by atoms with van der Waals surface area (Å²) >= 11 is 1.56. The number of carbonyl (C=O) groups is 2. The van der Waals surface area contributed by atoms with E-state index in [1.165, 1.54) is 4.88 Å². The number of amides is 2. The van der Waals surface area contributed by atoms with Crippen LogP contribution in [0, 0.1) is 5.92 Å². The number of carbonyl (C=O) groups excluding carboxylic acids is 2. The number of fused-ring (bicyclic) bond motifs is 1. The van der Waals surface area contributed by atoms with Crippen LogP contribution in [-0.2, 0) is 24.2 Å². The molecule has 1 aliphatic rings. The molecule has 1 aromatic carbocycles. The van der Waals surface area contributed by atoms with Gasteiger partial charge < -0.3 is 15.0 Å². The van der Waals surface area contributed by atoms with Gasteiger partial charge >= 0.3 is 0 Å². The first-order chi connectivity index (χ1) is 12.5. The molecule has 0 bridgehead atoms. The largest absolute Gasteiger partial charge is 0.496 e. The van der Waals surface area contributed by atoms with E-state index < -0.39 is 0 Å². The lowest BCUT2D eigenvalue weighted by atomic mass is 9.87. The Kier molecular flexibility index (Phi) is 5.61. The maximum atomic E-state index is 12.6. The monoisotopic (exact) mass is 372 g/mol. The van der Waals surface area contributed by atoms with Crippen LogP contribution < -0.4 is 10.1 Å². The summed E-state index contributed by atoms with van der Waals surface area (Å²) in [7, 11) is 5.15. The average Bonchev–Trinajstić information content (AvgIpc) is 3.08. The first kappa shape index (κ1) is 18.5. The van der Waals surface area contributed by atoms with Crippen LogP contribution in [0.2, 0.25) is 0 Å². The third-order valence-corrected chi connectivity index (χ3v) is 5.94. The minimum absolute atomic E-state index is 0.0292. The van der Waals surface area contributed by atoms with Crippen LogP contribution in [0.4, 0.5) is 0 Å². The lowest BCUT2D eigenvalue weighted by Crippen LogP contribution is -2.33. The van der Waals surface area contributed by atoms with Crippen LogP contribution >= 0.6 is 11.3 Å². The van der Waals surface area contributed by atoms with Crippen molar-refractivity contribution in [2.75, 3.05) is 21.2 Å². The normalized spacial score (nSPS) is 15.9.